The van der Waals surface area contributed by atoms with E-state index in [1.807, 2.05) is 0 Å². The third-order valence-corrected chi connectivity index (χ3v) is 3.40. The molecule has 1 fully saturated rings. The second-order valence-corrected chi connectivity index (χ2v) is 4.87. The Morgan fingerprint density at radius 1 is 1.35 bits per heavy atom. The summed E-state index contributed by atoms with van der Waals surface area (Å²) in [4.78, 5) is 14.1. The Kier molecular flexibility index (Phi) is 5.24. The van der Waals surface area contributed by atoms with E-state index in [4.69, 9.17) is 15.2 Å². The van der Waals surface area contributed by atoms with Crippen molar-refractivity contribution in [2.45, 2.75) is 19.8 Å². The van der Waals surface area contributed by atoms with Crippen LogP contribution < -0.4 is 10.5 Å². The fraction of sp³-hybridized carbons (Fsp3) is 0.533. The quantitative estimate of drug-likeness (QED) is 0.636. The smallest absolute Gasteiger partial charge is 0.340 e. The van der Waals surface area contributed by atoms with Crippen LogP contribution in [0.15, 0.2) is 18.2 Å². The first kappa shape index (κ1) is 14.7. The Balaban J connectivity index is 1.90. The van der Waals surface area contributed by atoms with E-state index in [2.05, 4.69) is 4.90 Å². The zero-order chi connectivity index (χ0) is 14.4. The molecule has 1 aliphatic heterocycles. The van der Waals surface area contributed by atoms with Crippen molar-refractivity contribution in [2.75, 3.05) is 38.6 Å². The minimum absolute atomic E-state index is 0.332. The van der Waals surface area contributed by atoms with E-state index < -0.39 is 5.97 Å². The lowest BCUT2D eigenvalue weighted by atomic mass is 10.2. The van der Waals surface area contributed by atoms with Gasteiger partial charge in [-0.25, -0.2) is 4.79 Å². The molecule has 0 unspecified atom stereocenters. The second-order valence-electron chi connectivity index (χ2n) is 4.87. The lowest BCUT2D eigenvalue weighted by Gasteiger charge is -2.15. The predicted octanol–water partition coefficient (Wildman–Crippen LogP) is 1.92. The summed E-state index contributed by atoms with van der Waals surface area (Å²) in [6.45, 7) is 5.94. The first-order valence-corrected chi connectivity index (χ1v) is 7.12. The van der Waals surface area contributed by atoms with Crippen LogP contribution in [0.3, 0.4) is 0 Å². The van der Waals surface area contributed by atoms with Crippen LogP contribution in [0, 0.1) is 0 Å². The van der Waals surface area contributed by atoms with Crippen LogP contribution in [0.1, 0.15) is 30.1 Å². The molecule has 1 aromatic rings. The number of nitrogen functional groups attached to an aromatic ring is 1. The van der Waals surface area contributed by atoms with E-state index in [1.165, 1.54) is 12.8 Å². The zero-order valence-corrected chi connectivity index (χ0v) is 11.9. The summed E-state index contributed by atoms with van der Waals surface area (Å²) in [7, 11) is 0. The van der Waals surface area contributed by atoms with Gasteiger partial charge in [-0.3, -0.25) is 4.90 Å². The first-order valence-electron chi connectivity index (χ1n) is 7.12. The molecule has 5 heteroatoms. The molecular formula is C15H22N2O3. The van der Waals surface area contributed by atoms with Gasteiger partial charge in [0, 0.05) is 12.2 Å². The Hall–Kier alpha value is -1.75. The molecular weight excluding hydrogens is 256 g/mol. The maximum Gasteiger partial charge on any atom is 0.340 e. The summed E-state index contributed by atoms with van der Waals surface area (Å²) < 4.78 is 10.7. The van der Waals surface area contributed by atoms with Crippen molar-refractivity contribution in [2.24, 2.45) is 0 Å². The molecule has 0 aromatic heterocycles. The summed E-state index contributed by atoms with van der Waals surface area (Å²) in [6, 6.07) is 5.11. The van der Waals surface area contributed by atoms with Crippen LogP contribution in [-0.4, -0.2) is 43.7 Å². The van der Waals surface area contributed by atoms with Crippen molar-refractivity contribution in [3.05, 3.63) is 23.8 Å². The Morgan fingerprint density at radius 2 is 2.10 bits per heavy atom. The number of anilines is 1. The highest BCUT2D eigenvalue weighted by molar-refractivity contribution is 5.95. The monoisotopic (exact) mass is 278 g/mol. The van der Waals surface area contributed by atoms with E-state index >= 15 is 0 Å². The van der Waals surface area contributed by atoms with Crippen molar-refractivity contribution in [1.29, 1.82) is 0 Å². The summed E-state index contributed by atoms with van der Waals surface area (Å²) in [5, 5.41) is 0. The molecule has 0 atom stereocenters. The van der Waals surface area contributed by atoms with Crippen molar-refractivity contribution < 1.29 is 14.3 Å². The summed E-state index contributed by atoms with van der Waals surface area (Å²) in [6.07, 6.45) is 2.55. The predicted molar refractivity (Wildman–Crippen MR) is 78.0 cm³/mol. The normalized spacial score (nSPS) is 15.2. The number of ether oxygens (including phenoxy) is 2. The van der Waals surface area contributed by atoms with Gasteiger partial charge in [0.25, 0.3) is 0 Å². The number of likely N-dealkylation sites (tertiary alicyclic amines) is 1. The van der Waals surface area contributed by atoms with Crippen molar-refractivity contribution in [3.63, 3.8) is 0 Å². The van der Waals surface area contributed by atoms with Gasteiger partial charge in [0.2, 0.25) is 0 Å². The van der Waals surface area contributed by atoms with Crippen molar-refractivity contribution in [3.8, 4) is 5.75 Å². The molecule has 0 aliphatic carbocycles. The van der Waals surface area contributed by atoms with E-state index in [0.717, 1.165) is 19.6 Å². The Bertz CT molecular complexity index is 456. The lowest BCUT2D eigenvalue weighted by Crippen LogP contribution is -2.25. The van der Waals surface area contributed by atoms with Gasteiger partial charge in [0.15, 0.2) is 0 Å². The average Bonchev–Trinajstić information content (AvgIpc) is 2.94. The zero-order valence-electron chi connectivity index (χ0n) is 11.9. The minimum atomic E-state index is -0.407. The van der Waals surface area contributed by atoms with Crippen LogP contribution in [0.25, 0.3) is 0 Å². The molecule has 2 N–H and O–H groups in total. The molecule has 0 amide bonds. The van der Waals surface area contributed by atoms with Gasteiger partial charge in [-0.2, -0.15) is 0 Å². The lowest BCUT2D eigenvalue weighted by molar-refractivity contribution is 0.0527. The van der Waals surface area contributed by atoms with Crippen LogP contribution in [0.2, 0.25) is 0 Å². The molecule has 0 saturated carbocycles. The molecule has 1 aliphatic rings. The number of nitrogens with two attached hydrogens (primary N) is 1. The summed E-state index contributed by atoms with van der Waals surface area (Å²) >= 11 is 0. The molecule has 110 valence electrons. The van der Waals surface area contributed by atoms with Gasteiger partial charge in [0.05, 0.1) is 12.2 Å². The van der Waals surface area contributed by atoms with Gasteiger partial charge in [-0.15, -0.1) is 0 Å². The fourth-order valence-electron chi connectivity index (χ4n) is 2.31. The number of carbonyl (C=O) groups is 1. The third-order valence-electron chi connectivity index (χ3n) is 3.40. The molecule has 0 bridgehead atoms. The summed E-state index contributed by atoms with van der Waals surface area (Å²) in [5.74, 6) is 0.247. The van der Waals surface area contributed by atoms with Crippen LogP contribution in [0.5, 0.6) is 5.75 Å². The second kappa shape index (κ2) is 7.14. The number of carbonyl (C=O) groups excluding carboxylic acids is 1. The largest absolute Gasteiger partial charge is 0.492 e. The summed E-state index contributed by atoms with van der Waals surface area (Å²) in [5.41, 5.74) is 6.56. The molecule has 0 spiro atoms. The number of rotatable bonds is 6. The number of benzene rings is 1. The molecule has 1 saturated heterocycles. The Labute approximate surface area is 119 Å². The molecule has 1 heterocycles. The van der Waals surface area contributed by atoms with Gasteiger partial charge >= 0.3 is 5.97 Å². The average molecular weight is 278 g/mol. The topological polar surface area (TPSA) is 64.8 Å². The first-order chi connectivity index (χ1) is 9.70. The van der Waals surface area contributed by atoms with Crippen molar-refractivity contribution in [1.82, 2.24) is 4.90 Å². The molecule has 1 aromatic carbocycles. The van der Waals surface area contributed by atoms with Crippen LogP contribution in [-0.2, 0) is 4.74 Å². The number of esters is 1. The number of nitrogens with zero attached hydrogens (tertiary/aromatic N) is 1. The van der Waals surface area contributed by atoms with E-state index in [9.17, 15) is 4.79 Å². The molecule has 20 heavy (non-hydrogen) atoms. The van der Waals surface area contributed by atoms with Gasteiger partial charge in [-0.05, 0) is 51.1 Å². The Morgan fingerprint density at radius 3 is 2.80 bits per heavy atom. The van der Waals surface area contributed by atoms with Crippen LogP contribution in [0.4, 0.5) is 5.69 Å². The van der Waals surface area contributed by atoms with Gasteiger partial charge in [0.1, 0.15) is 12.4 Å². The molecule has 2 rings (SSSR count). The van der Waals surface area contributed by atoms with Gasteiger partial charge in [-0.1, -0.05) is 0 Å². The number of hydrogen-bond donors (Lipinski definition) is 1. The molecule has 0 radical (unpaired) electrons. The van der Waals surface area contributed by atoms with E-state index in [1.54, 1.807) is 25.1 Å². The van der Waals surface area contributed by atoms with Crippen LogP contribution >= 0.6 is 0 Å². The highest BCUT2D eigenvalue weighted by atomic mass is 16.5. The fourth-order valence-corrected chi connectivity index (χ4v) is 2.31. The standard InChI is InChI=1S/C15H22N2O3/c1-2-19-15(18)13-11-12(5-6-14(13)16)20-10-9-17-7-3-4-8-17/h5-6,11H,2-4,7-10,16H2,1H3. The van der Waals surface area contributed by atoms with Crippen molar-refractivity contribution >= 4 is 11.7 Å². The van der Waals surface area contributed by atoms with E-state index in [-0.39, 0.29) is 0 Å². The van der Waals surface area contributed by atoms with Gasteiger partial charge < -0.3 is 15.2 Å². The SMILES string of the molecule is CCOC(=O)c1cc(OCCN2CCCC2)ccc1N. The maximum atomic E-state index is 11.7. The maximum absolute atomic E-state index is 11.7. The highest BCUT2D eigenvalue weighted by Crippen LogP contribution is 2.20. The highest BCUT2D eigenvalue weighted by Gasteiger charge is 2.13. The van der Waals surface area contributed by atoms with E-state index in [0.29, 0.717) is 30.2 Å². The minimum Gasteiger partial charge on any atom is -0.492 e. The molecule has 5 nitrogen and oxygen atoms in total. The third kappa shape index (κ3) is 3.87. The number of hydrogen-bond acceptors (Lipinski definition) is 5.